The van der Waals surface area contributed by atoms with Crippen molar-refractivity contribution < 1.29 is 13.6 Å². The SMILES string of the molecule is CCOP(=O)(Cc1ccc(-c2ccc(-c3ccccc3)cc2)cc1)OCC. The molecule has 0 N–H and O–H groups in total. The first kappa shape index (κ1) is 19.6. The second kappa shape index (κ2) is 9.14. The summed E-state index contributed by atoms with van der Waals surface area (Å²) >= 11 is 0. The Morgan fingerprint density at radius 1 is 0.630 bits per heavy atom. The summed E-state index contributed by atoms with van der Waals surface area (Å²) in [6.07, 6.45) is 0.294. The van der Waals surface area contributed by atoms with Crippen LogP contribution in [0.25, 0.3) is 22.3 Å². The first-order chi connectivity index (χ1) is 13.1. The Morgan fingerprint density at radius 3 is 1.48 bits per heavy atom. The van der Waals surface area contributed by atoms with E-state index in [0.29, 0.717) is 19.4 Å². The van der Waals surface area contributed by atoms with E-state index in [-0.39, 0.29) is 0 Å². The second-order valence-electron chi connectivity index (χ2n) is 6.24. The largest absolute Gasteiger partial charge is 0.335 e. The zero-order valence-corrected chi connectivity index (χ0v) is 16.7. The Bertz CT molecular complexity index is 877. The molecule has 27 heavy (non-hydrogen) atoms. The maximum absolute atomic E-state index is 12.7. The van der Waals surface area contributed by atoms with Crippen LogP contribution in [0, 0.1) is 0 Å². The minimum Gasteiger partial charge on any atom is -0.309 e. The third-order valence-corrected chi connectivity index (χ3v) is 6.36. The van der Waals surface area contributed by atoms with Crippen molar-refractivity contribution in [2.75, 3.05) is 13.2 Å². The van der Waals surface area contributed by atoms with E-state index in [2.05, 4.69) is 48.5 Å². The summed E-state index contributed by atoms with van der Waals surface area (Å²) < 4.78 is 23.4. The summed E-state index contributed by atoms with van der Waals surface area (Å²) in [5, 5.41) is 0. The molecule has 0 heterocycles. The van der Waals surface area contributed by atoms with Gasteiger partial charge in [0, 0.05) is 0 Å². The van der Waals surface area contributed by atoms with Crippen LogP contribution in [-0.4, -0.2) is 13.2 Å². The van der Waals surface area contributed by atoms with Crippen molar-refractivity contribution in [2.45, 2.75) is 20.0 Å². The molecule has 0 saturated carbocycles. The Labute approximate surface area is 161 Å². The summed E-state index contributed by atoms with van der Waals surface area (Å²) in [7, 11) is -3.07. The van der Waals surface area contributed by atoms with Crippen molar-refractivity contribution in [3.8, 4) is 22.3 Å². The van der Waals surface area contributed by atoms with Crippen molar-refractivity contribution in [2.24, 2.45) is 0 Å². The maximum Gasteiger partial charge on any atom is 0.335 e. The number of benzene rings is 3. The van der Waals surface area contributed by atoms with Crippen LogP contribution in [0.5, 0.6) is 0 Å². The van der Waals surface area contributed by atoms with Gasteiger partial charge in [0.05, 0.1) is 19.4 Å². The van der Waals surface area contributed by atoms with Crippen molar-refractivity contribution in [3.63, 3.8) is 0 Å². The molecule has 0 amide bonds. The molecule has 3 rings (SSSR count). The van der Waals surface area contributed by atoms with E-state index < -0.39 is 7.60 Å². The van der Waals surface area contributed by atoms with Crippen LogP contribution in [0.1, 0.15) is 19.4 Å². The smallest absolute Gasteiger partial charge is 0.309 e. The summed E-state index contributed by atoms with van der Waals surface area (Å²) in [4.78, 5) is 0. The standard InChI is InChI=1S/C23H25O3P/c1-3-25-27(24,26-4-2)18-19-10-12-21(13-11-19)23-16-14-22(15-17-23)20-8-6-5-7-9-20/h5-17H,3-4,18H2,1-2H3. The minimum atomic E-state index is -3.07. The van der Waals surface area contributed by atoms with Gasteiger partial charge in [-0.3, -0.25) is 4.57 Å². The molecule has 0 aromatic heterocycles. The maximum atomic E-state index is 12.7. The quantitative estimate of drug-likeness (QED) is 0.404. The van der Waals surface area contributed by atoms with E-state index in [0.717, 1.165) is 16.7 Å². The number of rotatable bonds is 8. The topological polar surface area (TPSA) is 35.5 Å². The molecule has 3 aromatic carbocycles. The molecule has 4 heteroatoms. The fraction of sp³-hybridized carbons (Fsp3) is 0.217. The first-order valence-electron chi connectivity index (χ1n) is 9.26. The molecule has 0 aliphatic heterocycles. The van der Waals surface area contributed by atoms with Gasteiger partial charge in [0.2, 0.25) is 0 Å². The Kier molecular flexibility index (Phi) is 6.63. The third kappa shape index (κ3) is 5.17. The molecular weight excluding hydrogens is 355 g/mol. The molecule has 0 saturated heterocycles. The molecule has 3 aromatic rings. The second-order valence-corrected chi connectivity index (χ2v) is 8.30. The molecule has 0 aliphatic rings. The van der Waals surface area contributed by atoms with E-state index in [1.165, 1.54) is 11.1 Å². The highest BCUT2D eigenvalue weighted by Gasteiger charge is 2.23. The molecule has 0 spiro atoms. The molecule has 140 valence electrons. The van der Waals surface area contributed by atoms with Crippen LogP contribution in [0.2, 0.25) is 0 Å². The number of hydrogen-bond donors (Lipinski definition) is 0. The summed E-state index contributed by atoms with van der Waals surface area (Å²) in [6.45, 7) is 4.41. The van der Waals surface area contributed by atoms with E-state index in [1.54, 1.807) is 0 Å². The highest BCUT2D eigenvalue weighted by molar-refractivity contribution is 7.53. The summed E-state index contributed by atoms with van der Waals surface area (Å²) in [5.41, 5.74) is 5.64. The zero-order chi connectivity index (χ0) is 19.1. The van der Waals surface area contributed by atoms with Crippen LogP contribution in [0.4, 0.5) is 0 Å². The van der Waals surface area contributed by atoms with Crippen molar-refractivity contribution >= 4 is 7.60 Å². The summed E-state index contributed by atoms with van der Waals surface area (Å²) in [6, 6.07) is 26.9. The van der Waals surface area contributed by atoms with Crippen LogP contribution >= 0.6 is 7.60 Å². The lowest BCUT2D eigenvalue weighted by Gasteiger charge is -2.17. The van der Waals surface area contributed by atoms with E-state index in [4.69, 9.17) is 9.05 Å². The number of hydrogen-bond acceptors (Lipinski definition) is 3. The predicted molar refractivity (Wildman–Crippen MR) is 112 cm³/mol. The van der Waals surface area contributed by atoms with Crippen LogP contribution in [-0.2, 0) is 19.8 Å². The van der Waals surface area contributed by atoms with Gasteiger partial charge in [-0.2, -0.15) is 0 Å². The van der Waals surface area contributed by atoms with Gasteiger partial charge in [-0.1, -0.05) is 78.9 Å². The Morgan fingerprint density at radius 2 is 1.04 bits per heavy atom. The lowest BCUT2D eigenvalue weighted by molar-refractivity contribution is 0.219. The van der Waals surface area contributed by atoms with Gasteiger partial charge < -0.3 is 9.05 Å². The van der Waals surface area contributed by atoms with Gasteiger partial charge >= 0.3 is 7.60 Å². The molecule has 0 radical (unpaired) electrons. The highest BCUT2D eigenvalue weighted by atomic mass is 31.2. The Balaban J connectivity index is 1.74. The van der Waals surface area contributed by atoms with Gasteiger partial charge in [0.25, 0.3) is 0 Å². The minimum absolute atomic E-state index is 0.294. The fourth-order valence-electron chi connectivity index (χ4n) is 3.03. The third-order valence-electron chi connectivity index (χ3n) is 4.31. The molecule has 0 bridgehead atoms. The normalized spacial score (nSPS) is 11.5. The average Bonchev–Trinajstić information content (AvgIpc) is 2.70. The monoisotopic (exact) mass is 380 g/mol. The summed E-state index contributed by atoms with van der Waals surface area (Å²) in [5.74, 6) is 0. The van der Waals surface area contributed by atoms with E-state index in [1.807, 2.05) is 44.2 Å². The Hall–Kier alpha value is -2.19. The lowest BCUT2D eigenvalue weighted by Crippen LogP contribution is -1.99. The van der Waals surface area contributed by atoms with Gasteiger partial charge in [0.1, 0.15) is 0 Å². The van der Waals surface area contributed by atoms with Gasteiger partial charge in [0.15, 0.2) is 0 Å². The van der Waals surface area contributed by atoms with E-state index >= 15 is 0 Å². The first-order valence-corrected chi connectivity index (χ1v) is 11.0. The predicted octanol–water partition coefficient (Wildman–Crippen LogP) is 6.79. The average molecular weight is 380 g/mol. The van der Waals surface area contributed by atoms with Crippen LogP contribution in [0.3, 0.4) is 0 Å². The van der Waals surface area contributed by atoms with Crippen molar-refractivity contribution in [1.82, 2.24) is 0 Å². The molecule has 0 fully saturated rings. The fourth-order valence-corrected chi connectivity index (χ4v) is 4.74. The van der Waals surface area contributed by atoms with Gasteiger partial charge in [-0.15, -0.1) is 0 Å². The molecule has 3 nitrogen and oxygen atoms in total. The van der Waals surface area contributed by atoms with Crippen LogP contribution < -0.4 is 0 Å². The molecule has 0 aliphatic carbocycles. The molecule has 0 unspecified atom stereocenters. The van der Waals surface area contributed by atoms with Crippen LogP contribution in [0.15, 0.2) is 78.9 Å². The van der Waals surface area contributed by atoms with Crippen molar-refractivity contribution in [1.29, 1.82) is 0 Å². The zero-order valence-electron chi connectivity index (χ0n) is 15.8. The van der Waals surface area contributed by atoms with Crippen molar-refractivity contribution in [3.05, 3.63) is 84.4 Å². The molecule has 0 atom stereocenters. The van der Waals surface area contributed by atoms with Gasteiger partial charge in [-0.25, -0.2) is 0 Å². The lowest BCUT2D eigenvalue weighted by atomic mass is 10.00. The molecular formula is C23H25O3P. The van der Waals surface area contributed by atoms with Gasteiger partial charge in [-0.05, 0) is 41.7 Å². The van der Waals surface area contributed by atoms with E-state index in [9.17, 15) is 4.57 Å². The highest BCUT2D eigenvalue weighted by Crippen LogP contribution is 2.51.